The molecule has 6 nitrogen and oxygen atoms in total. The number of hydrogen-bond donors (Lipinski definition) is 1. The lowest BCUT2D eigenvalue weighted by molar-refractivity contribution is -0.126. The Morgan fingerprint density at radius 1 is 1.17 bits per heavy atom. The van der Waals surface area contributed by atoms with Gasteiger partial charge in [0.1, 0.15) is 5.82 Å². The number of anilines is 2. The van der Waals surface area contributed by atoms with E-state index in [4.69, 9.17) is 0 Å². The van der Waals surface area contributed by atoms with E-state index in [1.54, 1.807) is 28.9 Å². The fraction of sp³-hybridized carbons (Fsp3) is 0.318. The number of amides is 3. The van der Waals surface area contributed by atoms with Gasteiger partial charge in [-0.25, -0.2) is 4.39 Å². The molecule has 0 bridgehead atoms. The third-order valence-electron chi connectivity index (χ3n) is 5.53. The number of carbonyl (C=O) groups is 3. The average molecular weight is 395 g/mol. The summed E-state index contributed by atoms with van der Waals surface area (Å²) in [5.74, 6) is -1.02. The van der Waals surface area contributed by atoms with E-state index in [-0.39, 0.29) is 30.0 Å². The van der Waals surface area contributed by atoms with E-state index in [0.717, 1.165) is 28.9 Å². The van der Waals surface area contributed by atoms with E-state index in [2.05, 4.69) is 5.32 Å². The van der Waals surface area contributed by atoms with E-state index in [9.17, 15) is 18.8 Å². The van der Waals surface area contributed by atoms with E-state index < -0.39 is 5.92 Å². The van der Waals surface area contributed by atoms with E-state index in [0.29, 0.717) is 19.6 Å². The van der Waals surface area contributed by atoms with Gasteiger partial charge in [-0.2, -0.15) is 0 Å². The Morgan fingerprint density at radius 3 is 2.66 bits per heavy atom. The normalized spacial score (nSPS) is 18.1. The molecule has 0 unspecified atom stereocenters. The summed E-state index contributed by atoms with van der Waals surface area (Å²) < 4.78 is 13.0. The van der Waals surface area contributed by atoms with E-state index in [1.165, 1.54) is 12.1 Å². The van der Waals surface area contributed by atoms with Crippen LogP contribution in [0.15, 0.2) is 42.5 Å². The molecule has 1 N–H and O–H groups in total. The summed E-state index contributed by atoms with van der Waals surface area (Å²) in [5, 5.41) is 2.83. The second kappa shape index (κ2) is 7.66. The van der Waals surface area contributed by atoms with Crippen molar-refractivity contribution in [1.82, 2.24) is 5.32 Å². The lowest BCUT2D eigenvalue weighted by atomic mass is 10.1. The number of hydrogen-bond acceptors (Lipinski definition) is 3. The van der Waals surface area contributed by atoms with Gasteiger partial charge in [-0.1, -0.05) is 12.1 Å². The van der Waals surface area contributed by atoms with Crippen molar-refractivity contribution in [3.8, 4) is 0 Å². The highest BCUT2D eigenvalue weighted by Crippen LogP contribution is 2.34. The van der Waals surface area contributed by atoms with Crippen molar-refractivity contribution >= 4 is 29.1 Å². The summed E-state index contributed by atoms with van der Waals surface area (Å²) in [6.45, 7) is 2.81. The van der Waals surface area contributed by atoms with Gasteiger partial charge in [0.05, 0.1) is 5.92 Å². The third-order valence-corrected chi connectivity index (χ3v) is 5.53. The Hall–Kier alpha value is -3.22. The minimum atomic E-state index is -0.426. The number of carbonyl (C=O) groups excluding carboxylic acids is 3. The van der Waals surface area contributed by atoms with Crippen LogP contribution >= 0.6 is 0 Å². The standard InChI is InChI=1S/C22H22FN3O3/c1-14(27)25-9-8-16-10-19(6-7-20(16)25)26-13-17(11-21(26)28)22(29)24-12-15-2-4-18(23)5-3-15/h2-7,10,17H,8-9,11-13H2,1H3,(H,24,29)/t17-/m0/s1. The number of rotatable bonds is 4. The Bertz CT molecular complexity index is 974. The predicted molar refractivity (Wildman–Crippen MR) is 107 cm³/mol. The average Bonchev–Trinajstić information content (AvgIpc) is 3.30. The number of halogens is 1. The van der Waals surface area contributed by atoms with Gasteiger partial charge in [0.15, 0.2) is 0 Å². The Morgan fingerprint density at radius 2 is 1.93 bits per heavy atom. The SMILES string of the molecule is CC(=O)N1CCc2cc(N3C[C@@H](C(=O)NCc4ccc(F)cc4)CC3=O)ccc21. The Kier molecular flexibility index (Phi) is 5.05. The highest BCUT2D eigenvalue weighted by molar-refractivity contribution is 6.01. The Labute approximate surface area is 168 Å². The maximum absolute atomic E-state index is 13.0. The summed E-state index contributed by atoms with van der Waals surface area (Å²) in [4.78, 5) is 40.1. The number of nitrogens with one attached hydrogen (secondary N) is 1. The highest BCUT2D eigenvalue weighted by atomic mass is 19.1. The fourth-order valence-corrected chi connectivity index (χ4v) is 3.95. The highest BCUT2D eigenvalue weighted by Gasteiger charge is 2.35. The quantitative estimate of drug-likeness (QED) is 0.864. The molecule has 150 valence electrons. The van der Waals surface area contributed by atoms with Crippen LogP contribution in [0.4, 0.5) is 15.8 Å². The van der Waals surface area contributed by atoms with E-state index >= 15 is 0 Å². The number of fused-ring (bicyclic) bond motifs is 1. The monoisotopic (exact) mass is 395 g/mol. The van der Waals surface area contributed by atoms with Gasteiger partial charge in [-0.05, 0) is 47.9 Å². The van der Waals surface area contributed by atoms with Crippen molar-refractivity contribution < 1.29 is 18.8 Å². The van der Waals surface area contributed by atoms with Crippen molar-refractivity contribution in [3.63, 3.8) is 0 Å². The summed E-state index contributed by atoms with van der Waals surface area (Å²) in [6, 6.07) is 11.6. The molecule has 1 atom stereocenters. The molecule has 29 heavy (non-hydrogen) atoms. The molecule has 2 aliphatic rings. The molecule has 2 aliphatic heterocycles. The minimum Gasteiger partial charge on any atom is -0.352 e. The lowest BCUT2D eigenvalue weighted by Gasteiger charge is -2.19. The summed E-state index contributed by atoms with van der Waals surface area (Å²) >= 11 is 0. The van der Waals surface area contributed by atoms with Crippen LogP contribution in [0.1, 0.15) is 24.5 Å². The molecule has 0 saturated carbocycles. The van der Waals surface area contributed by atoms with Crippen molar-refractivity contribution in [2.45, 2.75) is 26.3 Å². The molecular formula is C22H22FN3O3. The van der Waals surface area contributed by atoms with Crippen LogP contribution < -0.4 is 15.1 Å². The van der Waals surface area contributed by atoms with Gasteiger partial charge in [0, 0.05) is 44.4 Å². The fourth-order valence-electron chi connectivity index (χ4n) is 3.95. The first-order valence-corrected chi connectivity index (χ1v) is 9.66. The molecule has 2 heterocycles. The molecule has 0 aromatic heterocycles. The molecule has 4 rings (SSSR count). The molecule has 3 amide bonds. The van der Waals surface area contributed by atoms with Crippen LogP contribution in [-0.4, -0.2) is 30.8 Å². The summed E-state index contributed by atoms with van der Waals surface area (Å²) in [6.07, 6.45) is 0.915. The second-order valence-electron chi connectivity index (χ2n) is 7.48. The van der Waals surface area contributed by atoms with Gasteiger partial charge < -0.3 is 15.1 Å². The smallest absolute Gasteiger partial charge is 0.227 e. The van der Waals surface area contributed by atoms with Crippen molar-refractivity contribution in [3.05, 3.63) is 59.4 Å². The van der Waals surface area contributed by atoms with Crippen molar-refractivity contribution in [1.29, 1.82) is 0 Å². The third kappa shape index (κ3) is 3.85. The zero-order valence-electron chi connectivity index (χ0n) is 16.2. The number of nitrogens with zero attached hydrogens (tertiary/aromatic N) is 2. The van der Waals surface area contributed by atoms with Crippen LogP contribution in [0.5, 0.6) is 0 Å². The molecular weight excluding hydrogens is 373 g/mol. The first-order chi connectivity index (χ1) is 13.9. The van der Waals surface area contributed by atoms with E-state index in [1.807, 2.05) is 18.2 Å². The van der Waals surface area contributed by atoms with Crippen LogP contribution in [0, 0.1) is 11.7 Å². The summed E-state index contributed by atoms with van der Waals surface area (Å²) in [5.41, 5.74) is 3.48. The molecule has 0 aliphatic carbocycles. The van der Waals surface area contributed by atoms with Gasteiger partial charge >= 0.3 is 0 Å². The number of benzene rings is 2. The first kappa shape index (κ1) is 19.1. The van der Waals surface area contributed by atoms with Crippen LogP contribution in [0.25, 0.3) is 0 Å². The van der Waals surface area contributed by atoms with Crippen LogP contribution in [-0.2, 0) is 27.3 Å². The maximum atomic E-state index is 13.0. The molecule has 2 aromatic carbocycles. The molecule has 0 radical (unpaired) electrons. The Balaban J connectivity index is 1.41. The van der Waals surface area contributed by atoms with Crippen LogP contribution in [0.3, 0.4) is 0 Å². The topological polar surface area (TPSA) is 69.7 Å². The lowest BCUT2D eigenvalue weighted by Crippen LogP contribution is -2.32. The molecule has 0 spiro atoms. The predicted octanol–water partition coefficient (Wildman–Crippen LogP) is 2.40. The summed E-state index contributed by atoms with van der Waals surface area (Å²) in [7, 11) is 0. The van der Waals surface area contributed by atoms with Crippen molar-refractivity contribution in [2.24, 2.45) is 5.92 Å². The zero-order valence-corrected chi connectivity index (χ0v) is 16.2. The van der Waals surface area contributed by atoms with Gasteiger partial charge in [0.2, 0.25) is 17.7 Å². The van der Waals surface area contributed by atoms with Gasteiger partial charge in [-0.15, -0.1) is 0 Å². The first-order valence-electron chi connectivity index (χ1n) is 9.66. The largest absolute Gasteiger partial charge is 0.352 e. The molecule has 1 saturated heterocycles. The minimum absolute atomic E-state index is 0.00615. The second-order valence-corrected chi connectivity index (χ2v) is 7.48. The van der Waals surface area contributed by atoms with Gasteiger partial charge in [0.25, 0.3) is 0 Å². The van der Waals surface area contributed by atoms with Crippen molar-refractivity contribution in [2.75, 3.05) is 22.9 Å². The van der Waals surface area contributed by atoms with Gasteiger partial charge in [-0.3, -0.25) is 14.4 Å². The molecule has 1 fully saturated rings. The molecule has 2 aromatic rings. The molecule has 7 heteroatoms. The zero-order chi connectivity index (χ0) is 20.5. The van der Waals surface area contributed by atoms with Crippen LogP contribution in [0.2, 0.25) is 0 Å². The maximum Gasteiger partial charge on any atom is 0.227 e.